The molecule has 3 aromatic rings. The van der Waals surface area contributed by atoms with E-state index >= 15 is 0 Å². The molecule has 4 atom stereocenters. The van der Waals surface area contributed by atoms with Crippen molar-refractivity contribution in [1.82, 2.24) is 14.8 Å². The molecule has 0 aliphatic carbocycles. The molecular weight excluding hydrogens is 644 g/mol. The van der Waals surface area contributed by atoms with Gasteiger partial charge in [-0.2, -0.15) is 0 Å². The van der Waals surface area contributed by atoms with Crippen LogP contribution in [-0.4, -0.2) is 91.7 Å². The van der Waals surface area contributed by atoms with Crippen molar-refractivity contribution in [3.8, 4) is 5.75 Å². The molecule has 0 radical (unpaired) electrons. The molecule has 2 heterocycles. The quantitative estimate of drug-likeness (QED) is 0.334. The molecule has 0 fully saturated rings. The molecule has 0 spiro atoms. The van der Waals surface area contributed by atoms with Crippen LogP contribution in [0.15, 0.2) is 71.9 Å². The lowest BCUT2D eigenvalue weighted by Crippen LogP contribution is -2.48. The SMILES string of the molecule is C[C@H]1CCCCO[C@@H](CN(C)C(=O)c2ccncc2)[C@@H](C)CN([C@@H](C)CO)C(=O)c2cc(NS(=O)(=O)c3ccc(Cl)cc3)ccc2O1. The third-order valence-electron chi connectivity index (χ3n) is 8.16. The van der Waals surface area contributed by atoms with Gasteiger partial charge >= 0.3 is 0 Å². The van der Waals surface area contributed by atoms with Crippen molar-refractivity contribution in [3.05, 3.63) is 83.1 Å². The fourth-order valence-electron chi connectivity index (χ4n) is 5.34. The Morgan fingerprint density at radius 3 is 2.51 bits per heavy atom. The van der Waals surface area contributed by atoms with E-state index in [4.69, 9.17) is 21.1 Å². The molecule has 2 N–H and O–H groups in total. The molecule has 0 bridgehead atoms. The molecule has 4 rings (SSSR count). The van der Waals surface area contributed by atoms with E-state index in [2.05, 4.69) is 9.71 Å². The summed E-state index contributed by atoms with van der Waals surface area (Å²) >= 11 is 5.94. The Morgan fingerprint density at radius 2 is 1.83 bits per heavy atom. The first-order valence-electron chi connectivity index (χ1n) is 15.7. The fourth-order valence-corrected chi connectivity index (χ4v) is 6.52. The topological polar surface area (TPSA) is 138 Å². The summed E-state index contributed by atoms with van der Waals surface area (Å²) < 4.78 is 41.5. The van der Waals surface area contributed by atoms with Crippen molar-refractivity contribution < 1.29 is 32.6 Å². The largest absolute Gasteiger partial charge is 0.490 e. The summed E-state index contributed by atoms with van der Waals surface area (Å²) in [5, 5.41) is 10.6. The second kappa shape index (κ2) is 16.4. The Labute approximate surface area is 281 Å². The second-order valence-electron chi connectivity index (χ2n) is 12.0. The molecule has 11 nitrogen and oxygen atoms in total. The number of likely N-dealkylation sites (N-methyl/N-ethyl adjacent to an activating group) is 1. The van der Waals surface area contributed by atoms with Gasteiger partial charge < -0.3 is 24.4 Å². The van der Waals surface area contributed by atoms with Crippen LogP contribution in [0.1, 0.15) is 60.7 Å². The van der Waals surface area contributed by atoms with Crippen molar-refractivity contribution >= 4 is 39.1 Å². The Morgan fingerprint density at radius 1 is 1.13 bits per heavy atom. The summed E-state index contributed by atoms with van der Waals surface area (Å²) in [5.41, 5.74) is 0.835. The summed E-state index contributed by atoms with van der Waals surface area (Å²) in [6, 6.07) is 13.1. The highest BCUT2D eigenvalue weighted by molar-refractivity contribution is 7.92. The van der Waals surface area contributed by atoms with Crippen LogP contribution in [-0.2, 0) is 14.8 Å². The minimum absolute atomic E-state index is 0.0148. The molecule has 2 amide bonds. The van der Waals surface area contributed by atoms with Crippen LogP contribution in [0.25, 0.3) is 0 Å². The number of fused-ring (bicyclic) bond motifs is 1. The molecular formula is C34H43ClN4O7S. The standard InChI is InChI=1S/C34H43ClN4O7S/c1-23-20-39(24(2)22-40)34(42)30-19-28(37-47(43,44)29-11-8-27(35)9-12-29)10-13-31(30)46-25(3)7-5-6-18-45-32(23)21-38(4)33(41)26-14-16-36-17-15-26/h8-17,19,23-25,32,37,40H,5-7,18,20-22H2,1-4H3/t23-,24-,25-,32-/m0/s1. The van der Waals surface area contributed by atoms with Gasteiger partial charge in [0, 0.05) is 61.3 Å². The van der Waals surface area contributed by atoms with Crippen molar-refractivity contribution in [3.63, 3.8) is 0 Å². The van der Waals surface area contributed by atoms with E-state index < -0.39 is 28.1 Å². The molecule has 47 heavy (non-hydrogen) atoms. The second-order valence-corrected chi connectivity index (χ2v) is 14.1. The number of aliphatic hydroxyl groups excluding tert-OH is 1. The average molecular weight is 687 g/mol. The maximum Gasteiger partial charge on any atom is 0.261 e. The number of anilines is 1. The van der Waals surface area contributed by atoms with Gasteiger partial charge in [0.2, 0.25) is 0 Å². The first kappa shape index (κ1) is 36.1. The third kappa shape index (κ3) is 9.66. The maximum absolute atomic E-state index is 14.3. The molecule has 0 saturated carbocycles. The zero-order valence-electron chi connectivity index (χ0n) is 27.1. The Hall–Kier alpha value is -3.71. The number of hydrogen-bond acceptors (Lipinski definition) is 8. The van der Waals surface area contributed by atoms with Gasteiger partial charge in [-0.15, -0.1) is 0 Å². The van der Waals surface area contributed by atoms with Crippen molar-refractivity contribution in [2.45, 2.75) is 63.2 Å². The average Bonchev–Trinajstić information content (AvgIpc) is 3.06. The number of nitrogens with zero attached hydrogens (tertiary/aromatic N) is 3. The lowest BCUT2D eigenvalue weighted by molar-refractivity contribution is -0.0149. The van der Waals surface area contributed by atoms with Crippen LogP contribution < -0.4 is 9.46 Å². The summed E-state index contributed by atoms with van der Waals surface area (Å²) in [6.07, 6.45) is 4.75. The van der Waals surface area contributed by atoms with Crippen LogP contribution >= 0.6 is 11.6 Å². The lowest BCUT2D eigenvalue weighted by atomic mass is 10.0. The predicted octanol–water partition coefficient (Wildman–Crippen LogP) is 5.10. The predicted molar refractivity (Wildman–Crippen MR) is 180 cm³/mol. The van der Waals surface area contributed by atoms with Gasteiger partial charge in [-0.3, -0.25) is 19.3 Å². The third-order valence-corrected chi connectivity index (χ3v) is 9.80. The summed E-state index contributed by atoms with van der Waals surface area (Å²) in [7, 11) is -2.28. The van der Waals surface area contributed by atoms with Crippen molar-refractivity contribution in [2.75, 3.05) is 38.1 Å². The van der Waals surface area contributed by atoms with Gasteiger partial charge in [-0.25, -0.2) is 8.42 Å². The number of carbonyl (C=O) groups is 2. The van der Waals surface area contributed by atoms with Crippen LogP contribution in [0.2, 0.25) is 5.02 Å². The Bertz CT molecular complexity index is 1610. The van der Waals surface area contributed by atoms with Gasteiger partial charge in [0.15, 0.2) is 0 Å². The smallest absolute Gasteiger partial charge is 0.261 e. The number of sulfonamides is 1. The maximum atomic E-state index is 14.3. The number of ether oxygens (including phenoxy) is 2. The molecule has 1 aromatic heterocycles. The van der Waals surface area contributed by atoms with Crippen LogP contribution in [0.4, 0.5) is 5.69 Å². The number of benzene rings is 2. The van der Waals surface area contributed by atoms with E-state index in [-0.39, 0.29) is 53.8 Å². The minimum Gasteiger partial charge on any atom is -0.490 e. The van der Waals surface area contributed by atoms with Crippen molar-refractivity contribution in [2.24, 2.45) is 5.92 Å². The number of aromatic nitrogens is 1. The van der Waals surface area contributed by atoms with E-state index in [1.54, 1.807) is 60.4 Å². The van der Waals surface area contributed by atoms with Gasteiger partial charge in [0.1, 0.15) is 5.75 Å². The number of carbonyl (C=O) groups excluding carboxylic acids is 2. The number of rotatable bonds is 8. The van der Waals surface area contributed by atoms with Gasteiger partial charge in [-0.05, 0) is 87.7 Å². The number of nitrogens with one attached hydrogen (secondary N) is 1. The van der Waals surface area contributed by atoms with E-state index in [1.807, 2.05) is 13.8 Å². The van der Waals surface area contributed by atoms with E-state index in [0.29, 0.717) is 29.4 Å². The van der Waals surface area contributed by atoms with E-state index in [0.717, 1.165) is 12.8 Å². The highest BCUT2D eigenvalue weighted by atomic mass is 35.5. The Balaban J connectivity index is 1.66. The first-order valence-corrected chi connectivity index (χ1v) is 17.5. The van der Waals surface area contributed by atoms with E-state index in [1.165, 1.54) is 30.3 Å². The van der Waals surface area contributed by atoms with Gasteiger partial charge in [-0.1, -0.05) is 18.5 Å². The molecule has 1 aliphatic rings. The summed E-state index contributed by atoms with van der Waals surface area (Å²) in [5.74, 6) is -0.552. The summed E-state index contributed by atoms with van der Waals surface area (Å²) in [4.78, 5) is 34.6. The zero-order chi connectivity index (χ0) is 34.1. The number of aliphatic hydroxyl groups is 1. The van der Waals surface area contributed by atoms with Gasteiger partial charge in [0.05, 0.1) is 35.3 Å². The normalized spacial score (nSPS) is 20.3. The molecule has 0 unspecified atom stereocenters. The van der Waals surface area contributed by atoms with Crippen molar-refractivity contribution in [1.29, 1.82) is 0 Å². The molecule has 0 saturated heterocycles. The van der Waals surface area contributed by atoms with Crippen LogP contribution in [0.5, 0.6) is 5.75 Å². The fraction of sp³-hybridized carbons (Fsp3) is 0.441. The highest BCUT2D eigenvalue weighted by Crippen LogP contribution is 2.30. The van der Waals surface area contributed by atoms with Crippen LogP contribution in [0.3, 0.4) is 0 Å². The molecule has 254 valence electrons. The minimum atomic E-state index is -3.99. The van der Waals surface area contributed by atoms with Gasteiger partial charge in [0.25, 0.3) is 21.8 Å². The molecule has 13 heteroatoms. The first-order chi connectivity index (χ1) is 22.4. The van der Waals surface area contributed by atoms with E-state index in [9.17, 15) is 23.1 Å². The number of amides is 2. The van der Waals surface area contributed by atoms with Crippen LogP contribution in [0, 0.1) is 5.92 Å². The number of pyridine rings is 1. The zero-order valence-corrected chi connectivity index (χ0v) is 28.7. The molecule has 1 aliphatic heterocycles. The number of hydrogen-bond donors (Lipinski definition) is 2. The molecule has 2 aromatic carbocycles. The Kier molecular flexibility index (Phi) is 12.6. The summed E-state index contributed by atoms with van der Waals surface area (Å²) in [6.45, 7) is 6.23. The highest BCUT2D eigenvalue weighted by Gasteiger charge is 2.31. The lowest BCUT2D eigenvalue weighted by Gasteiger charge is -2.36. The monoisotopic (exact) mass is 686 g/mol. The number of halogens is 1.